The molecule has 8 nitrogen and oxygen atoms in total. The maximum absolute atomic E-state index is 7.46. The molecule has 0 unspecified atom stereocenters. The first-order valence-corrected chi connectivity index (χ1v) is 8.66. The smallest absolute Gasteiger partial charge is 0.158 e. The second-order valence-corrected chi connectivity index (χ2v) is 6.36. The van der Waals surface area contributed by atoms with Crippen molar-refractivity contribution in [3.63, 3.8) is 0 Å². The third kappa shape index (κ3) is 3.71. The summed E-state index contributed by atoms with van der Waals surface area (Å²) in [5.74, 6) is 1.74. The average molecular weight is 377 g/mol. The predicted octanol–water partition coefficient (Wildman–Crippen LogP) is 3.27. The first-order chi connectivity index (χ1) is 13.4. The fourth-order valence-corrected chi connectivity index (χ4v) is 2.99. The lowest BCUT2D eigenvalue weighted by atomic mass is 10.1. The van der Waals surface area contributed by atoms with Gasteiger partial charge in [0.25, 0.3) is 0 Å². The highest BCUT2D eigenvalue weighted by Crippen LogP contribution is 2.27. The van der Waals surface area contributed by atoms with E-state index < -0.39 is 0 Å². The summed E-state index contributed by atoms with van der Waals surface area (Å²) in [4.78, 5) is 9.07. The predicted molar refractivity (Wildman–Crippen MR) is 111 cm³/mol. The quantitative estimate of drug-likeness (QED) is 0.453. The standard InChI is InChI=1S/C20H23N7O/c1-12-10-22-18(8-17(12)28-5)25-20(24-13(2)9-21)19-14(3)15(11-27(19)4)16-6-7-23-26-16/h6-11,21H,2H2,1,3-5H3,(H,23,26)(H,22,24,25). The van der Waals surface area contributed by atoms with Crippen molar-refractivity contribution < 1.29 is 4.74 Å². The molecule has 3 rings (SSSR count). The summed E-state index contributed by atoms with van der Waals surface area (Å²) >= 11 is 0. The Kier molecular flexibility index (Phi) is 5.39. The van der Waals surface area contributed by atoms with Crippen molar-refractivity contribution in [3.05, 3.63) is 59.8 Å². The van der Waals surface area contributed by atoms with E-state index in [1.54, 1.807) is 25.6 Å². The third-order valence-electron chi connectivity index (χ3n) is 4.39. The zero-order valence-electron chi connectivity index (χ0n) is 16.4. The summed E-state index contributed by atoms with van der Waals surface area (Å²) in [6.07, 6.45) is 6.58. The minimum absolute atomic E-state index is 0.418. The number of hydrogen-bond acceptors (Lipinski definition) is 5. The number of allylic oxidation sites excluding steroid dienone is 1. The van der Waals surface area contributed by atoms with E-state index in [0.29, 0.717) is 23.1 Å². The minimum Gasteiger partial charge on any atom is -0.496 e. The van der Waals surface area contributed by atoms with E-state index in [1.165, 1.54) is 0 Å². The molecule has 0 aliphatic rings. The molecule has 0 spiro atoms. The number of nitrogens with one attached hydrogen (secondary N) is 3. The molecule has 0 amide bonds. The molecule has 8 heteroatoms. The van der Waals surface area contributed by atoms with Gasteiger partial charge in [0, 0.05) is 49.0 Å². The van der Waals surface area contributed by atoms with Gasteiger partial charge in [-0.25, -0.2) is 9.98 Å². The largest absolute Gasteiger partial charge is 0.496 e. The number of H-pyrrole nitrogens is 1. The van der Waals surface area contributed by atoms with Gasteiger partial charge in [0.05, 0.1) is 24.2 Å². The normalized spacial score (nSPS) is 11.4. The third-order valence-corrected chi connectivity index (χ3v) is 4.39. The number of ether oxygens (including phenoxy) is 1. The molecule has 3 aromatic rings. The van der Waals surface area contributed by atoms with Crippen molar-refractivity contribution in [2.45, 2.75) is 13.8 Å². The molecule has 0 aliphatic heterocycles. The lowest BCUT2D eigenvalue weighted by Gasteiger charge is -2.13. The Labute approximate surface area is 163 Å². The van der Waals surface area contributed by atoms with Crippen LogP contribution in [0.2, 0.25) is 0 Å². The first-order valence-electron chi connectivity index (χ1n) is 8.66. The number of hydrogen-bond donors (Lipinski definition) is 3. The molecule has 3 N–H and O–H groups in total. The zero-order chi connectivity index (χ0) is 20.3. The van der Waals surface area contributed by atoms with Crippen molar-refractivity contribution >= 4 is 17.9 Å². The van der Waals surface area contributed by atoms with Gasteiger partial charge in [-0.15, -0.1) is 0 Å². The molecule has 0 aliphatic carbocycles. The molecule has 3 heterocycles. The topological polar surface area (TPSA) is 104 Å². The van der Waals surface area contributed by atoms with Crippen LogP contribution in [0.5, 0.6) is 5.75 Å². The SMILES string of the molecule is C=C(C=N)NC(=Nc1cc(OC)c(C)cn1)c1c(C)c(-c2ccn[nH]2)cn1C. The average Bonchev–Trinajstić information content (AvgIpc) is 3.30. The van der Waals surface area contributed by atoms with Gasteiger partial charge < -0.3 is 20.0 Å². The maximum atomic E-state index is 7.46. The second kappa shape index (κ2) is 7.91. The highest BCUT2D eigenvalue weighted by atomic mass is 16.5. The molecule has 0 fully saturated rings. The van der Waals surface area contributed by atoms with Crippen LogP contribution in [0.1, 0.15) is 16.8 Å². The van der Waals surface area contributed by atoms with Crippen LogP contribution in [-0.2, 0) is 7.05 Å². The van der Waals surface area contributed by atoms with Gasteiger partial charge in [0.2, 0.25) is 0 Å². The molecule has 28 heavy (non-hydrogen) atoms. The number of nitrogens with zero attached hydrogens (tertiary/aromatic N) is 4. The van der Waals surface area contributed by atoms with Crippen LogP contribution in [0.4, 0.5) is 5.82 Å². The molecular weight excluding hydrogens is 354 g/mol. The van der Waals surface area contributed by atoms with Crippen LogP contribution in [-0.4, -0.2) is 38.9 Å². The number of aromatic amines is 1. The van der Waals surface area contributed by atoms with Crippen molar-refractivity contribution in [1.82, 2.24) is 25.1 Å². The Bertz CT molecular complexity index is 1040. The fourth-order valence-electron chi connectivity index (χ4n) is 2.99. The van der Waals surface area contributed by atoms with E-state index >= 15 is 0 Å². The Morgan fingerprint density at radius 2 is 2.21 bits per heavy atom. The van der Waals surface area contributed by atoms with Gasteiger partial charge in [-0.1, -0.05) is 6.58 Å². The maximum Gasteiger partial charge on any atom is 0.158 e. The lowest BCUT2D eigenvalue weighted by Crippen LogP contribution is -2.26. The second-order valence-electron chi connectivity index (χ2n) is 6.36. The van der Waals surface area contributed by atoms with Gasteiger partial charge in [-0.05, 0) is 25.5 Å². The number of aromatic nitrogens is 4. The Balaban J connectivity index is 2.14. The van der Waals surface area contributed by atoms with Gasteiger partial charge in [-0.3, -0.25) is 5.10 Å². The van der Waals surface area contributed by atoms with Crippen LogP contribution in [0.15, 0.2) is 48.0 Å². The minimum atomic E-state index is 0.418. The molecular formula is C20H23N7O. The van der Waals surface area contributed by atoms with Crippen LogP contribution < -0.4 is 10.1 Å². The van der Waals surface area contributed by atoms with Crippen molar-refractivity contribution in [1.29, 1.82) is 5.41 Å². The number of aryl methyl sites for hydroxylation is 2. The molecule has 0 aromatic carbocycles. The molecule has 3 aromatic heterocycles. The molecule has 0 atom stereocenters. The highest BCUT2D eigenvalue weighted by molar-refractivity contribution is 6.04. The number of rotatable bonds is 6. The van der Waals surface area contributed by atoms with Crippen LogP contribution in [0.3, 0.4) is 0 Å². The van der Waals surface area contributed by atoms with E-state index in [0.717, 1.165) is 34.3 Å². The van der Waals surface area contributed by atoms with E-state index in [-0.39, 0.29) is 0 Å². The van der Waals surface area contributed by atoms with Gasteiger partial charge in [-0.2, -0.15) is 5.10 Å². The summed E-state index contributed by atoms with van der Waals surface area (Å²) in [6.45, 7) is 7.78. The molecule has 0 saturated heterocycles. The highest BCUT2D eigenvalue weighted by Gasteiger charge is 2.18. The lowest BCUT2D eigenvalue weighted by molar-refractivity contribution is 0.411. The fraction of sp³-hybridized carbons (Fsp3) is 0.200. The Morgan fingerprint density at radius 3 is 2.86 bits per heavy atom. The summed E-state index contributed by atoms with van der Waals surface area (Å²) < 4.78 is 7.35. The summed E-state index contributed by atoms with van der Waals surface area (Å²) in [5, 5.41) is 17.6. The van der Waals surface area contributed by atoms with E-state index in [1.807, 2.05) is 37.7 Å². The number of amidine groups is 1. The molecule has 0 saturated carbocycles. The van der Waals surface area contributed by atoms with Crippen molar-refractivity contribution in [2.24, 2.45) is 12.0 Å². The van der Waals surface area contributed by atoms with E-state index in [2.05, 4.69) is 32.1 Å². The monoisotopic (exact) mass is 377 g/mol. The molecule has 0 bridgehead atoms. The first kappa shape index (κ1) is 19.1. The summed E-state index contributed by atoms with van der Waals surface area (Å²) in [7, 11) is 3.56. The Morgan fingerprint density at radius 1 is 1.43 bits per heavy atom. The van der Waals surface area contributed by atoms with Crippen LogP contribution >= 0.6 is 0 Å². The van der Waals surface area contributed by atoms with Crippen LogP contribution in [0.25, 0.3) is 11.3 Å². The number of pyridine rings is 1. The van der Waals surface area contributed by atoms with Gasteiger partial charge in [0.15, 0.2) is 11.7 Å². The summed E-state index contributed by atoms with van der Waals surface area (Å²) in [5.41, 5.74) is 5.14. The van der Waals surface area contributed by atoms with Crippen molar-refractivity contribution in [2.75, 3.05) is 7.11 Å². The van der Waals surface area contributed by atoms with Gasteiger partial charge >= 0.3 is 0 Å². The van der Waals surface area contributed by atoms with Crippen molar-refractivity contribution in [3.8, 4) is 17.0 Å². The number of aliphatic imine (C=N–C) groups is 1. The molecule has 0 radical (unpaired) electrons. The molecule has 144 valence electrons. The van der Waals surface area contributed by atoms with E-state index in [4.69, 9.17) is 10.1 Å². The van der Waals surface area contributed by atoms with Gasteiger partial charge in [0.1, 0.15) is 5.75 Å². The summed E-state index contributed by atoms with van der Waals surface area (Å²) in [6, 6.07) is 3.69. The zero-order valence-corrected chi connectivity index (χ0v) is 16.4. The number of methoxy groups -OCH3 is 1. The Hall–Kier alpha value is -3.68. The van der Waals surface area contributed by atoms with Crippen LogP contribution in [0, 0.1) is 19.3 Å². The van der Waals surface area contributed by atoms with E-state index in [9.17, 15) is 0 Å².